The monoisotopic (exact) mass is 285 g/mol. The maximum Gasteiger partial charge on any atom is 0.124 e. The van der Waals surface area contributed by atoms with E-state index >= 15 is 0 Å². The molecule has 0 radical (unpaired) electrons. The molecular formula is C18H23NO2. The number of benzene rings is 2. The summed E-state index contributed by atoms with van der Waals surface area (Å²) in [5, 5.41) is 3.22. The molecule has 3 nitrogen and oxygen atoms in total. The lowest BCUT2D eigenvalue weighted by atomic mass is 9.95. The van der Waals surface area contributed by atoms with Gasteiger partial charge in [-0.2, -0.15) is 0 Å². The molecule has 2 rings (SSSR count). The van der Waals surface area contributed by atoms with Gasteiger partial charge in [0.2, 0.25) is 0 Å². The Morgan fingerprint density at radius 1 is 0.952 bits per heavy atom. The van der Waals surface area contributed by atoms with E-state index in [4.69, 9.17) is 9.47 Å². The summed E-state index contributed by atoms with van der Waals surface area (Å²) in [5.74, 6) is 1.84. The molecule has 1 N–H and O–H groups in total. The molecule has 21 heavy (non-hydrogen) atoms. The Morgan fingerprint density at radius 3 is 2.14 bits per heavy atom. The first-order valence-corrected chi connectivity index (χ1v) is 7.07. The zero-order chi connectivity index (χ0) is 15.4. The highest BCUT2D eigenvalue weighted by Gasteiger charge is 2.10. The second-order valence-corrected chi connectivity index (χ2v) is 5.20. The maximum atomic E-state index is 5.45. The molecule has 0 heterocycles. The molecule has 0 unspecified atom stereocenters. The van der Waals surface area contributed by atoms with Crippen LogP contribution in [0.15, 0.2) is 30.3 Å². The van der Waals surface area contributed by atoms with E-state index in [1.54, 1.807) is 14.2 Å². The predicted molar refractivity (Wildman–Crippen MR) is 87.2 cm³/mol. The fraction of sp³-hybridized carbons (Fsp3) is 0.333. The summed E-state index contributed by atoms with van der Waals surface area (Å²) in [6.45, 7) is 4.96. The fourth-order valence-electron chi connectivity index (χ4n) is 2.74. The smallest absolute Gasteiger partial charge is 0.124 e. The van der Waals surface area contributed by atoms with Gasteiger partial charge in [-0.3, -0.25) is 0 Å². The quantitative estimate of drug-likeness (QED) is 0.908. The minimum absolute atomic E-state index is 0.802. The van der Waals surface area contributed by atoms with Crippen LogP contribution in [0.2, 0.25) is 0 Å². The van der Waals surface area contributed by atoms with Crippen molar-refractivity contribution in [2.75, 3.05) is 21.3 Å². The minimum Gasteiger partial charge on any atom is -0.497 e. The van der Waals surface area contributed by atoms with Crippen LogP contribution >= 0.6 is 0 Å². The molecule has 0 fully saturated rings. The van der Waals surface area contributed by atoms with Crippen molar-refractivity contribution >= 4 is 0 Å². The van der Waals surface area contributed by atoms with Crippen molar-refractivity contribution in [3.05, 3.63) is 47.0 Å². The van der Waals surface area contributed by atoms with Crippen LogP contribution in [-0.4, -0.2) is 21.3 Å². The molecule has 3 heteroatoms. The highest BCUT2D eigenvalue weighted by molar-refractivity contribution is 5.71. The number of nitrogens with one attached hydrogen (secondary N) is 1. The molecule has 0 spiro atoms. The van der Waals surface area contributed by atoms with Crippen LogP contribution < -0.4 is 14.8 Å². The van der Waals surface area contributed by atoms with E-state index in [1.807, 2.05) is 13.1 Å². The lowest BCUT2D eigenvalue weighted by Crippen LogP contribution is -2.07. The molecule has 0 aliphatic carbocycles. The first kappa shape index (κ1) is 15.4. The standard InChI is InChI=1S/C18H23NO2/c1-12-8-14(9-13(2)18(12)21-5)17-7-6-16(20-4)10-15(17)11-19-3/h6-10,19H,11H2,1-5H3. The molecule has 0 aliphatic heterocycles. The molecule has 2 aromatic carbocycles. The Bertz CT molecular complexity index is 612. The van der Waals surface area contributed by atoms with E-state index in [2.05, 4.69) is 43.4 Å². The highest BCUT2D eigenvalue weighted by Crippen LogP contribution is 2.33. The fourth-order valence-corrected chi connectivity index (χ4v) is 2.74. The van der Waals surface area contributed by atoms with Crippen LogP contribution in [0.1, 0.15) is 16.7 Å². The second-order valence-electron chi connectivity index (χ2n) is 5.20. The first-order chi connectivity index (χ1) is 10.1. The van der Waals surface area contributed by atoms with Gasteiger partial charge in [-0.1, -0.05) is 6.07 Å². The van der Waals surface area contributed by atoms with E-state index in [1.165, 1.54) is 16.7 Å². The van der Waals surface area contributed by atoms with Crippen molar-refractivity contribution in [1.82, 2.24) is 5.32 Å². The molecular weight excluding hydrogens is 262 g/mol. The number of rotatable bonds is 5. The van der Waals surface area contributed by atoms with Crippen LogP contribution in [0.3, 0.4) is 0 Å². The van der Waals surface area contributed by atoms with Gasteiger partial charge in [-0.05, 0) is 73.0 Å². The number of methoxy groups -OCH3 is 2. The summed E-state index contributed by atoms with van der Waals surface area (Å²) >= 11 is 0. The van der Waals surface area contributed by atoms with E-state index in [-0.39, 0.29) is 0 Å². The van der Waals surface area contributed by atoms with E-state index in [0.717, 1.165) is 29.2 Å². The Morgan fingerprint density at radius 2 is 1.62 bits per heavy atom. The van der Waals surface area contributed by atoms with Gasteiger partial charge in [0.25, 0.3) is 0 Å². The number of hydrogen-bond donors (Lipinski definition) is 1. The van der Waals surface area contributed by atoms with Crippen molar-refractivity contribution in [3.8, 4) is 22.6 Å². The van der Waals surface area contributed by atoms with E-state index < -0.39 is 0 Å². The van der Waals surface area contributed by atoms with Crippen molar-refractivity contribution in [2.24, 2.45) is 0 Å². The summed E-state index contributed by atoms with van der Waals surface area (Å²) < 4.78 is 10.8. The van der Waals surface area contributed by atoms with Gasteiger partial charge < -0.3 is 14.8 Å². The normalized spacial score (nSPS) is 10.5. The van der Waals surface area contributed by atoms with Crippen LogP contribution in [0, 0.1) is 13.8 Å². The molecule has 0 atom stereocenters. The third-order valence-electron chi connectivity index (χ3n) is 3.66. The van der Waals surface area contributed by atoms with Gasteiger partial charge >= 0.3 is 0 Å². The molecule has 2 aromatic rings. The Kier molecular flexibility index (Phi) is 4.86. The summed E-state index contributed by atoms with van der Waals surface area (Å²) in [4.78, 5) is 0. The van der Waals surface area contributed by atoms with Gasteiger partial charge in [0, 0.05) is 6.54 Å². The van der Waals surface area contributed by atoms with Gasteiger partial charge in [0.1, 0.15) is 11.5 Å². The van der Waals surface area contributed by atoms with Crippen molar-refractivity contribution in [2.45, 2.75) is 20.4 Å². The first-order valence-electron chi connectivity index (χ1n) is 7.07. The van der Waals surface area contributed by atoms with Crippen molar-refractivity contribution in [1.29, 1.82) is 0 Å². The third kappa shape index (κ3) is 3.19. The SMILES string of the molecule is CNCc1cc(OC)ccc1-c1cc(C)c(OC)c(C)c1. The summed E-state index contributed by atoms with van der Waals surface area (Å²) in [6, 6.07) is 10.6. The van der Waals surface area contributed by atoms with Crippen LogP contribution in [0.4, 0.5) is 0 Å². The van der Waals surface area contributed by atoms with Gasteiger partial charge in [0.15, 0.2) is 0 Å². The van der Waals surface area contributed by atoms with E-state index in [0.29, 0.717) is 0 Å². The molecule has 0 bridgehead atoms. The molecule has 0 aromatic heterocycles. The minimum atomic E-state index is 0.802. The van der Waals surface area contributed by atoms with Gasteiger partial charge in [-0.25, -0.2) is 0 Å². The van der Waals surface area contributed by atoms with Crippen LogP contribution in [-0.2, 0) is 6.54 Å². The third-order valence-corrected chi connectivity index (χ3v) is 3.66. The Labute approximate surface area is 126 Å². The van der Waals surface area contributed by atoms with Gasteiger partial charge in [-0.15, -0.1) is 0 Å². The predicted octanol–water partition coefficient (Wildman–Crippen LogP) is 3.71. The number of hydrogen-bond acceptors (Lipinski definition) is 3. The zero-order valence-electron chi connectivity index (χ0n) is 13.4. The zero-order valence-corrected chi connectivity index (χ0v) is 13.4. The average molecular weight is 285 g/mol. The van der Waals surface area contributed by atoms with Crippen LogP contribution in [0.25, 0.3) is 11.1 Å². The Balaban J connectivity index is 2.55. The number of ether oxygens (including phenoxy) is 2. The second kappa shape index (κ2) is 6.64. The number of aryl methyl sites for hydroxylation is 2. The molecule has 112 valence electrons. The molecule has 0 amide bonds. The summed E-state index contributed by atoms with van der Waals surface area (Å²) in [5.41, 5.74) is 5.95. The molecule has 0 aliphatic rings. The molecule has 0 saturated heterocycles. The lowest BCUT2D eigenvalue weighted by Gasteiger charge is -2.15. The largest absolute Gasteiger partial charge is 0.497 e. The van der Waals surface area contributed by atoms with Crippen molar-refractivity contribution in [3.63, 3.8) is 0 Å². The van der Waals surface area contributed by atoms with E-state index in [9.17, 15) is 0 Å². The summed E-state index contributed by atoms with van der Waals surface area (Å²) in [6.07, 6.45) is 0. The van der Waals surface area contributed by atoms with Gasteiger partial charge in [0.05, 0.1) is 14.2 Å². The topological polar surface area (TPSA) is 30.5 Å². The van der Waals surface area contributed by atoms with Crippen molar-refractivity contribution < 1.29 is 9.47 Å². The average Bonchev–Trinajstić information content (AvgIpc) is 2.47. The van der Waals surface area contributed by atoms with Crippen LogP contribution in [0.5, 0.6) is 11.5 Å². The molecule has 0 saturated carbocycles. The lowest BCUT2D eigenvalue weighted by molar-refractivity contribution is 0.408. The highest BCUT2D eigenvalue weighted by atomic mass is 16.5. The Hall–Kier alpha value is -2.00. The summed E-state index contributed by atoms with van der Waals surface area (Å²) in [7, 11) is 5.36. The maximum absolute atomic E-state index is 5.45.